The van der Waals surface area contributed by atoms with Gasteiger partial charge in [0.15, 0.2) is 0 Å². The molecule has 2 rings (SSSR count). The van der Waals surface area contributed by atoms with E-state index in [-0.39, 0.29) is 5.97 Å². The van der Waals surface area contributed by atoms with Crippen molar-refractivity contribution in [2.24, 2.45) is 0 Å². The fraction of sp³-hybridized carbons (Fsp3) is 0.250. The Morgan fingerprint density at radius 3 is 2.67 bits per heavy atom. The lowest BCUT2D eigenvalue weighted by Gasteiger charge is -1.99. The van der Waals surface area contributed by atoms with E-state index in [1.807, 2.05) is 6.92 Å². The molecule has 94 valence electrons. The third-order valence-corrected chi connectivity index (χ3v) is 2.93. The van der Waals surface area contributed by atoms with Crippen LogP contribution in [0.1, 0.15) is 17.3 Å². The number of esters is 1. The highest BCUT2D eigenvalue weighted by atomic mass is 32.2. The molecule has 0 radical (unpaired) electrons. The molecule has 2 aromatic rings. The van der Waals surface area contributed by atoms with E-state index in [9.17, 15) is 4.79 Å². The highest BCUT2D eigenvalue weighted by Crippen LogP contribution is 2.23. The van der Waals surface area contributed by atoms with Crippen LogP contribution in [-0.2, 0) is 4.74 Å². The van der Waals surface area contributed by atoms with Crippen molar-refractivity contribution in [1.29, 1.82) is 0 Å². The van der Waals surface area contributed by atoms with Crippen LogP contribution in [0, 0.1) is 0 Å². The van der Waals surface area contributed by atoms with E-state index in [0.29, 0.717) is 16.7 Å². The molecule has 1 aromatic carbocycles. The minimum absolute atomic E-state index is 0.366. The number of rotatable bonds is 4. The molecule has 18 heavy (non-hydrogen) atoms. The second kappa shape index (κ2) is 5.68. The summed E-state index contributed by atoms with van der Waals surface area (Å²) in [7, 11) is 1.35. The third kappa shape index (κ3) is 2.70. The standard InChI is InChI=1S/C12H12N2O3S/c1-3-18-12-14-13-10(17-12)8-4-6-9(7-5-8)11(15)16-2/h4-7H,3H2,1-2H3. The van der Waals surface area contributed by atoms with E-state index in [1.165, 1.54) is 18.9 Å². The second-order valence-electron chi connectivity index (χ2n) is 3.38. The molecule has 5 nitrogen and oxygen atoms in total. The fourth-order valence-electron chi connectivity index (χ4n) is 1.37. The van der Waals surface area contributed by atoms with Gasteiger partial charge in [0, 0.05) is 5.56 Å². The summed E-state index contributed by atoms with van der Waals surface area (Å²) in [6.07, 6.45) is 0. The molecule has 6 heteroatoms. The van der Waals surface area contributed by atoms with Crippen LogP contribution < -0.4 is 0 Å². The van der Waals surface area contributed by atoms with E-state index in [1.54, 1.807) is 24.3 Å². The molecule has 0 atom stereocenters. The monoisotopic (exact) mass is 264 g/mol. The quantitative estimate of drug-likeness (QED) is 0.624. The van der Waals surface area contributed by atoms with Crippen molar-refractivity contribution < 1.29 is 13.9 Å². The molecule has 0 unspecified atom stereocenters. The number of methoxy groups -OCH3 is 1. The SMILES string of the molecule is CCSc1nnc(-c2ccc(C(=O)OC)cc2)o1. The maximum atomic E-state index is 11.3. The van der Waals surface area contributed by atoms with Crippen molar-refractivity contribution >= 4 is 17.7 Å². The lowest BCUT2D eigenvalue weighted by atomic mass is 10.1. The van der Waals surface area contributed by atoms with Crippen molar-refractivity contribution in [2.75, 3.05) is 12.9 Å². The zero-order chi connectivity index (χ0) is 13.0. The van der Waals surface area contributed by atoms with Gasteiger partial charge in [-0.2, -0.15) is 0 Å². The number of carbonyl (C=O) groups excluding carboxylic acids is 1. The molecule has 0 aliphatic heterocycles. The Bertz CT molecular complexity index is 537. The lowest BCUT2D eigenvalue weighted by molar-refractivity contribution is 0.0601. The van der Waals surface area contributed by atoms with E-state index in [2.05, 4.69) is 14.9 Å². The molecule has 1 heterocycles. The summed E-state index contributed by atoms with van der Waals surface area (Å²) in [6.45, 7) is 2.01. The molecular formula is C12H12N2O3S. The Kier molecular flexibility index (Phi) is 3.99. The van der Waals surface area contributed by atoms with Gasteiger partial charge in [0.25, 0.3) is 5.22 Å². The molecule has 0 amide bonds. The summed E-state index contributed by atoms with van der Waals surface area (Å²) >= 11 is 1.49. The van der Waals surface area contributed by atoms with Gasteiger partial charge in [0.2, 0.25) is 5.89 Å². The third-order valence-electron chi connectivity index (χ3n) is 2.23. The van der Waals surface area contributed by atoms with Crippen molar-refractivity contribution in [1.82, 2.24) is 10.2 Å². The van der Waals surface area contributed by atoms with Crippen molar-refractivity contribution in [3.05, 3.63) is 29.8 Å². The Labute approximate surface area is 109 Å². The van der Waals surface area contributed by atoms with Crippen molar-refractivity contribution in [3.63, 3.8) is 0 Å². The molecule has 0 saturated carbocycles. The zero-order valence-electron chi connectivity index (χ0n) is 10.0. The van der Waals surface area contributed by atoms with Crippen LogP contribution in [0.2, 0.25) is 0 Å². The van der Waals surface area contributed by atoms with Crippen LogP contribution in [0.5, 0.6) is 0 Å². The van der Waals surface area contributed by atoms with E-state index in [0.717, 1.165) is 11.3 Å². The molecule has 0 bridgehead atoms. The summed E-state index contributed by atoms with van der Waals surface area (Å²) in [5, 5.41) is 8.40. The van der Waals surface area contributed by atoms with Gasteiger partial charge in [-0.05, 0) is 30.0 Å². The number of ether oxygens (including phenoxy) is 1. The number of benzene rings is 1. The van der Waals surface area contributed by atoms with Crippen LogP contribution >= 0.6 is 11.8 Å². The first-order valence-electron chi connectivity index (χ1n) is 5.39. The van der Waals surface area contributed by atoms with Gasteiger partial charge in [-0.1, -0.05) is 18.7 Å². The number of carbonyl (C=O) groups is 1. The number of aromatic nitrogens is 2. The second-order valence-corrected chi connectivity index (χ2v) is 4.59. The highest BCUT2D eigenvalue weighted by molar-refractivity contribution is 7.99. The van der Waals surface area contributed by atoms with E-state index < -0.39 is 0 Å². The molecule has 0 N–H and O–H groups in total. The number of hydrogen-bond donors (Lipinski definition) is 0. The predicted octanol–water partition coefficient (Wildman–Crippen LogP) is 2.64. The van der Waals surface area contributed by atoms with Gasteiger partial charge in [-0.15, -0.1) is 10.2 Å². The topological polar surface area (TPSA) is 65.2 Å². The fourth-order valence-corrected chi connectivity index (χ4v) is 1.86. The summed E-state index contributed by atoms with van der Waals surface area (Å²) in [6, 6.07) is 6.83. The smallest absolute Gasteiger partial charge is 0.337 e. The largest absolute Gasteiger partial charge is 0.465 e. The predicted molar refractivity (Wildman–Crippen MR) is 67.5 cm³/mol. The van der Waals surface area contributed by atoms with Gasteiger partial charge in [-0.25, -0.2) is 4.79 Å². The maximum Gasteiger partial charge on any atom is 0.337 e. The first-order chi connectivity index (χ1) is 8.74. The lowest BCUT2D eigenvalue weighted by Crippen LogP contribution is -2.00. The van der Waals surface area contributed by atoms with Crippen LogP contribution in [0.15, 0.2) is 33.9 Å². The first kappa shape index (κ1) is 12.6. The normalized spacial score (nSPS) is 10.3. The average Bonchev–Trinajstić information content (AvgIpc) is 2.87. The molecule has 1 aromatic heterocycles. The van der Waals surface area contributed by atoms with Crippen LogP contribution in [-0.4, -0.2) is 29.0 Å². The van der Waals surface area contributed by atoms with Crippen LogP contribution in [0.3, 0.4) is 0 Å². The Hall–Kier alpha value is -1.82. The molecule has 0 fully saturated rings. The van der Waals surface area contributed by atoms with E-state index in [4.69, 9.17) is 4.42 Å². The van der Waals surface area contributed by atoms with Gasteiger partial charge in [0.05, 0.1) is 12.7 Å². The van der Waals surface area contributed by atoms with Crippen LogP contribution in [0.25, 0.3) is 11.5 Å². The van der Waals surface area contributed by atoms with Crippen molar-refractivity contribution in [2.45, 2.75) is 12.1 Å². The van der Waals surface area contributed by atoms with Crippen molar-refractivity contribution in [3.8, 4) is 11.5 Å². The van der Waals surface area contributed by atoms with Gasteiger partial charge in [-0.3, -0.25) is 0 Å². The van der Waals surface area contributed by atoms with Crippen LogP contribution in [0.4, 0.5) is 0 Å². The summed E-state index contributed by atoms with van der Waals surface area (Å²) in [4.78, 5) is 11.3. The molecule has 0 aliphatic rings. The molecule has 0 aliphatic carbocycles. The number of nitrogens with zero attached hydrogens (tertiary/aromatic N) is 2. The Morgan fingerprint density at radius 1 is 1.33 bits per heavy atom. The first-order valence-corrected chi connectivity index (χ1v) is 6.38. The number of hydrogen-bond acceptors (Lipinski definition) is 6. The van der Waals surface area contributed by atoms with E-state index >= 15 is 0 Å². The maximum absolute atomic E-state index is 11.3. The Morgan fingerprint density at radius 2 is 2.06 bits per heavy atom. The highest BCUT2D eigenvalue weighted by Gasteiger charge is 2.10. The van der Waals surface area contributed by atoms with Gasteiger partial charge < -0.3 is 9.15 Å². The summed E-state index contributed by atoms with van der Waals surface area (Å²) in [5.41, 5.74) is 1.27. The molecule has 0 spiro atoms. The minimum Gasteiger partial charge on any atom is -0.465 e. The summed E-state index contributed by atoms with van der Waals surface area (Å²) < 4.78 is 10.1. The Balaban J connectivity index is 2.20. The molecule has 0 saturated heterocycles. The average molecular weight is 264 g/mol. The zero-order valence-corrected chi connectivity index (χ0v) is 10.9. The summed E-state index contributed by atoms with van der Waals surface area (Å²) in [5.74, 6) is 0.958. The van der Waals surface area contributed by atoms with Gasteiger partial charge in [0.1, 0.15) is 0 Å². The number of thioether (sulfide) groups is 1. The molecular weight excluding hydrogens is 252 g/mol. The van der Waals surface area contributed by atoms with Gasteiger partial charge >= 0.3 is 5.97 Å². The minimum atomic E-state index is -0.366.